The van der Waals surface area contributed by atoms with E-state index in [2.05, 4.69) is 26.2 Å². The summed E-state index contributed by atoms with van der Waals surface area (Å²) < 4.78 is 0.895. The molecule has 0 radical (unpaired) electrons. The summed E-state index contributed by atoms with van der Waals surface area (Å²) in [5, 5.41) is 4.54. The number of nitrogens with one attached hydrogen (secondary N) is 1. The maximum absolute atomic E-state index is 12.3. The Morgan fingerprint density at radius 3 is 2.71 bits per heavy atom. The maximum Gasteiger partial charge on any atom is 0.274 e. The summed E-state index contributed by atoms with van der Waals surface area (Å²) in [6.45, 7) is 0. The molecule has 21 heavy (non-hydrogen) atoms. The number of pyridine rings is 1. The minimum absolute atomic E-state index is 0.287. The van der Waals surface area contributed by atoms with Crippen molar-refractivity contribution in [3.63, 3.8) is 0 Å². The molecule has 0 bridgehead atoms. The number of nitrogen functional groups attached to an aromatic ring is 1. The number of hydrogen-bond donors (Lipinski definition) is 2. The molecule has 1 aromatic heterocycles. The molecule has 0 unspecified atom stereocenters. The monoisotopic (exact) mass is 341 g/mol. The van der Waals surface area contributed by atoms with Crippen LogP contribution in [0, 0.1) is 0 Å². The van der Waals surface area contributed by atoms with E-state index < -0.39 is 0 Å². The second-order valence-corrected chi connectivity index (χ2v) is 5.49. The Balaban J connectivity index is 1.94. The van der Waals surface area contributed by atoms with Crippen molar-refractivity contribution in [1.29, 1.82) is 0 Å². The van der Waals surface area contributed by atoms with E-state index >= 15 is 0 Å². The van der Waals surface area contributed by atoms with E-state index in [1.165, 1.54) is 0 Å². The van der Waals surface area contributed by atoms with Gasteiger partial charge in [-0.3, -0.25) is 4.79 Å². The molecule has 104 valence electrons. The van der Waals surface area contributed by atoms with Crippen LogP contribution in [0.4, 0.5) is 11.5 Å². The number of aromatic nitrogens is 1. The number of fused-ring (bicyclic) bond motifs is 1. The van der Waals surface area contributed by atoms with Crippen molar-refractivity contribution >= 4 is 44.1 Å². The molecule has 0 saturated heterocycles. The molecule has 0 aliphatic rings. The van der Waals surface area contributed by atoms with Crippen LogP contribution >= 0.6 is 15.9 Å². The molecule has 1 heterocycles. The van der Waals surface area contributed by atoms with Crippen molar-refractivity contribution in [3.05, 3.63) is 64.8 Å². The molecular formula is C16H12BrN3O. The van der Waals surface area contributed by atoms with Crippen LogP contribution in [0.3, 0.4) is 0 Å². The first-order valence-corrected chi connectivity index (χ1v) is 7.15. The lowest BCUT2D eigenvalue weighted by atomic mass is 10.1. The third-order valence-electron chi connectivity index (χ3n) is 3.08. The first kappa shape index (κ1) is 13.6. The number of nitrogens with two attached hydrogens (primary N) is 1. The number of rotatable bonds is 2. The lowest BCUT2D eigenvalue weighted by Gasteiger charge is -2.07. The van der Waals surface area contributed by atoms with Crippen LogP contribution in [0.15, 0.2) is 59.1 Å². The molecule has 3 N–H and O–H groups in total. The predicted octanol–water partition coefficient (Wildman–Crippen LogP) is 3.83. The van der Waals surface area contributed by atoms with Crippen LogP contribution in [0.1, 0.15) is 10.5 Å². The van der Waals surface area contributed by atoms with Crippen LogP contribution < -0.4 is 11.1 Å². The molecule has 2 aromatic carbocycles. The average molecular weight is 342 g/mol. The summed E-state index contributed by atoms with van der Waals surface area (Å²) in [5.74, 6) is 0.0676. The van der Waals surface area contributed by atoms with Gasteiger partial charge in [0.25, 0.3) is 5.91 Å². The number of benzene rings is 2. The van der Waals surface area contributed by atoms with E-state index in [0.29, 0.717) is 17.2 Å². The Morgan fingerprint density at radius 2 is 1.90 bits per heavy atom. The summed E-state index contributed by atoms with van der Waals surface area (Å²) in [6.07, 6.45) is 0. The van der Waals surface area contributed by atoms with Crippen molar-refractivity contribution < 1.29 is 4.79 Å². The van der Waals surface area contributed by atoms with Crippen LogP contribution in [0.25, 0.3) is 10.8 Å². The van der Waals surface area contributed by atoms with Crippen molar-refractivity contribution in [2.24, 2.45) is 0 Å². The predicted molar refractivity (Wildman–Crippen MR) is 88.3 cm³/mol. The van der Waals surface area contributed by atoms with Gasteiger partial charge in [-0.15, -0.1) is 0 Å². The van der Waals surface area contributed by atoms with E-state index in [0.717, 1.165) is 15.2 Å². The Labute approximate surface area is 130 Å². The molecule has 1 amide bonds. The fourth-order valence-corrected chi connectivity index (χ4v) is 2.50. The minimum Gasteiger partial charge on any atom is -0.383 e. The van der Waals surface area contributed by atoms with Gasteiger partial charge in [0, 0.05) is 15.5 Å². The van der Waals surface area contributed by atoms with Gasteiger partial charge in [-0.1, -0.05) is 46.3 Å². The molecule has 3 aromatic rings. The number of halogens is 1. The average Bonchev–Trinajstić information content (AvgIpc) is 2.47. The van der Waals surface area contributed by atoms with Crippen LogP contribution in [-0.2, 0) is 0 Å². The largest absolute Gasteiger partial charge is 0.383 e. The highest BCUT2D eigenvalue weighted by Gasteiger charge is 2.11. The van der Waals surface area contributed by atoms with Gasteiger partial charge in [-0.2, -0.15) is 0 Å². The SMILES string of the molecule is Nc1nc(C(=O)Nc2cccc(Br)c2)cc2ccccc12. The fourth-order valence-electron chi connectivity index (χ4n) is 2.10. The van der Waals surface area contributed by atoms with Crippen molar-refractivity contribution in [2.45, 2.75) is 0 Å². The van der Waals surface area contributed by atoms with E-state index in [9.17, 15) is 4.79 Å². The molecule has 0 spiro atoms. The standard InChI is InChI=1S/C16H12BrN3O/c17-11-5-3-6-12(9-11)19-16(21)14-8-10-4-1-2-7-13(10)15(18)20-14/h1-9H,(H2,18,20)(H,19,21). The second kappa shape index (κ2) is 5.54. The van der Waals surface area contributed by atoms with Gasteiger partial charge in [-0.25, -0.2) is 4.98 Å². The molecule has 0 aliphatic carbocycles. The highest BCUT2D eigenvalue weighted by atomic mass is 79.9. The van der Waals surface area contributed by atoms with E-state index in [4.69, 9.17) is 5.73 Å². The zero-order valence-electron chi connectivity index (χ0n) is 11.0. The molecule has 0 saturated carbocycles. The van der Waals surface area contributed by atoms with Gasteiger partial charge in [0.1, 0.15) is 11.5 Å². The minimum atomic E-state index is -0.287. The number of hydrogen-bond acceptors (Lipinski definition) is 3. The van der Waals surface area contributed by atoms with E-state index in [1.807, 2.05) is 48.5 Å². The Morgan fingerprint density at radius 1 is 1.10 bits per heavy atom. The summed E-state index contributed by atoms with van der Waals surface area (Å²) in [5.41, 5.74) is 6.91. The Kier molecular flexibility index (Phi) is 3.58. The van der Waals surface area contributed by atoms with Gasteiger partial charge < -0.3 is 11.1 Å². The summed E-state index contributed by atoms with van der Waals surface area (Å²) in [4.78, 5) is 16.5. The topological polar surface area (TPSA) is 68.0 Å². The first-order chi connectivity index (χ1) is 10.1. The quantitative estimate of drug-likeness (QED) is 0.744. The van der Waals surface area contributed by atoms with Gasteiger partial charge >= 0.3 is 0 Å². The van der Waals surface area contributed by atoms with Crippen LogP contribution in [0.5, 0.6) is 0 Å². The lowest BCUT2D eigenvalue weighted by molar-refractivity contribution is 0.102. The highest BCUT2D eigenvalue weighted by Crippen LogP contribution is 2.21. The third-order valence-corrected chi connectivity index (χ3v) is 3.58. The Bertz CT molecular complexity index is 833. The summed E-state index contributed by atoms with van der Waals surface area (Å²) >= 11 is 3.37. The van der Waals surface area contributed by atoms with Crippen LogP contribution in [0.2, 0.25) is 0 Å². The lowest BCUT2D eigenvalue weighted by Crippen LogP contribution is -2.14. The number of carbonyl (C=O) groups excluding carboxylic acids is 1. The smallest absolute Gasteiger partial charge is 0.274 e. The van der Waals surface area contributed by atoms with Gasteiger partial charge in [0.15, 0.2) is 0 Å². The molecule has 3 rings (SSSR count). The van der Waals surface area contributed by atoms with Crippen molar-refractivity contribution in [2.75, 3.05) is 11.1 Å². The Hall–Kier alpha value is -2.40. The van der Waals surface area contributed by atoms with Gasteiger partial charge in [0.05, 0.1) is 0 Å². The zero-order valence-corrected chi connectivity index (χ0v) is 12.6. The molecule has 4 nitrogen and oxygen atoms in total. The summed E-state index contributed by atoms with van der Waals surface area (Å²) in [6, 6.07) is 16.7. The van der Waals surface area contributed by atoms with Gasteiger partial charge in [-0.05, 0) is 29.7 Å². The molecule has 0 aliphatic heterocycles. The highest BCUT2D eigenvalue weighted by molar-refractivity contribution is 9.10. The fraction of sp³-hybridized carbons (Fsp3) is 0. The molecule has 5 heteroatoms. The van der Waals surface area contributed by atoms with E-state index in [1.54, 1.807) is 6.07 Å². The third kappa shape index (κ3) is 2.87. The number of carbonyl (C=O) groups is 1. The summed E-state index contributed by atoms with van der Waals surface area (Å²) in [7, 11) is 0. The number of nitrogens with zero attached hydrogens (tertiary/aromatic N) is 1. The molecule has 0 fully saturated rings. The van der Waals surface area contributed by atoms with Crippen molar-refractivity contribution in [3.8, 4) is 0 Å². The number of anilines is 2. The second-order valence-electron chi connectivity index (χ2n) is 4.58. The van der Waals surface area contributed by atoms with Gasteiger partial charge in [0.2, 0.25) is 0 Å². The molecule has 0 atom stereocenters. The first-order valence-electron chi connectivity index (χ1n) is 6.36. The zero-order chi connectivity index (χ0) is 14.8. The molecular weight excluding hydrogens is 330 g/mol. The number of amides is 1. The maximum atomic E-state index is 12.3. The van der Waals surface area contributed by atoms with Crippen LogP contribution in [-0.4, -0.2) is 10.9 Å². The normalized spacial score (nSPS) is 10.5. The van der Waals surface area contributed by atoms with E-state index in [-0.39, 0.29) is 5.91 Å². The van der Waals surface area contributed by atoms with Crippen molar-refractivity contribution in [1.82, 2.24) is 4.98 Å².